The number of carbonyl (C=O) groups excluding carboxylic acids is 2. The molecular weight excluding hydrogens is 334 g/mol. The van der Waals surface area contributed by atoms with Crippen molar-refractivity contribution in [1.29, 1.82) is 0 Å². The van der Waals surface area contributed by atoms with Crippen LogP contribution >= 0.6 is 23.7 Å². The standard InChI is InChI=1S/C16H23N3O2S.ClH/c20-15-14-6-3-11-18(14)16(21)19(15)10-2-1-8-17-9-7-13-5-4-12-22-13;/h4-5,12,14,17H,1-3,6-11H2;1H. The van der Waals surface area contributed by atoms with E-state index in [1.165, 1.54) is 9.78 Å². The molecule has 7 heteroatoms. The van der Waals surface area contributed by atoms with Crippen LogP contribution in [0.4, 0.5) is 4.79 Å². The number of nitrogens with one attached hydrogen (secondary N) is 1. The summed E-state index contributed by atoms with van der Waals surface area (Å²) in [6.45, 7) is 3.24. The first-order valence-electron chi connectivity index (χ1n) is 8.12. The Hall–Kier alpha value is -1.11. The Balaban J connectivity index is 0.00000192. The lowest BCUT2D eigenvalue weighted by atomic mass is 10.2. The second kappa shape index (κ2) is 8.66. The van der Waals surface area contributed by atoms with E-state index >= 15 is 0 Å². The maximum atomic E-state index is 12.1. The van der Waals surface area contributed by atoms with Gasteiger partial charge in [0.2, 0.25) is 0 Å². The third kappa shape index (κ3) is 4.25. The lowest BCUT2D eigenvalue weighted by Gasteiger charge is -2.15. The van der Waals surface area contributed by atoms with Crippen LogP contribution in [0, 0.1) is 0 Å². The fourth-order valence-electron chi connectivity index (χ4n) is 3.20. The first-order valence-corrected chi connectivity index (χ1v) is 9.00. The van der Waals surface area contributed by atoms with Crippen LogP contribution in [0.25, 0.3) is 0 Å². The molecule has 128 valence electrons. The third-order valence-corrected chi connectivity index (χ3v) is 5.33. The quantitative estimate of drug-likeness (QED) is 0.574. The number of fused-ring (bicyclic) bond motifs is 1. The number of thiophene rings is 1. The average Bonchev–Trinajstić information content (AvgIpc) is 3.22. The highest BCUT2D eigenvalue weighted by atomic mass is 35.5. The lowest BCUT2D eigenvalue weighted by Crippen LogP contribution is -2.34. The third-order valence-electron chi connectivity index (χ3n) is 4.39. The van der Waals surface area contributed by atoms with Gasteiger partial charge in [-0.15, -0.1) is 23.7 Å². The summed E-state index contributed by atoms with van der Waals surface area (Å²) in [6.07, 6.45) is 4.74. The van der Waals surface area contributed by atoms with Crippen LogP contribution in [0.5, 0.6) is 0 Å². The molecule has 1 aromatic heterocycles. The normalized spacial score (nSPS) is 20.1. The van der Waals surface area contributed by atoms with Crippen molar-refractivity contribution in [3.05, 3.63) is 22.4 Å². The van der Waals surface area contributed by atoms with Crippen LogP contribution in [-0.2, 0) is 11.2 Å². The summed E-state index contributed by atoms with van der Waals surface area (Å²) in [5.74, 6) is 0.0214. The molecule has 2 aliphatic rings. The molecule has 3 amide bonds. The van der Waals surface area contributed by atoms with E-state index in [-0.39, 0.29) is 30.4 Å². The van der Waals surface area contributed by atoms with Crippen LogP contribution in [0.3, 0.4) is 0 Å². The zero-order chi connectivity index (χ0) is 15.4. The first-order chi connectivity index (χ1) is 10.8. The number of rotatable bonds is 8. The summed E-state index contributed by atoms with van der Waals surface area (Å²) in [7, 11) is 0. The van der Waals surface area contributed by atoms with Crippen molar-refractivity contribution >= 4 is 35.7 Å². The van der Waals surface area contributed by atoms with Gasteiger partial charge in [-0.1, -0.05) is 6.07 Å². The number of imide groups is 1. The molecule has 23 heavy (non-hydrogen) atoms. The molecular formula is C16H24ClN3O2S. The average molecular weight is 358 g/mol. The maximum Gasteiger partial charge on any atom is 0.327 e. The molecule has 0 radical (unpaired) electrons. The van der Waals surface area contributed by atoms with Crippen molar-refractivity contribution in [2.75, 3.05) is 26.2 Å². The van der Waals surface area contributed by atoms with Crippen molar-refractivity contribution in [2.45, 2.75) is 38.1 Å². The van der Waals surface area contributed by atoms with Crippen LogP contribution in [0.1, 0.15) is 30.6 Å². The topological polar surface area (TPSA) is 52.7 Å². The molecule has 3 heterocycles. The minimum absolute atomic E-state index is 0. The van der Waals surface area contributed by atoms with Crippen molar-refractivity contribution in [2.24, 2.45) is 0 Å². The molecule has 1 N–H and O–H groups in total. The molecule has 5 nitrogen and oxygen atoms in total. The Kier molecular flexibility index (Phi) is 6.87. The van der Waals surface area contributed by atoms with E-state index in [4.69, 9.17) is 0 Å². The fraction of sp³-hybridized carbons (Fsp3) is 0.625. The Bertz CT molecular complexity index is 501. The zero-order valence-corrected chi connectivity index (χ0v) is 14.8. The van der Waals surface area contributed by atoms with Gasteiger partial charge in [0.05, 0.1) is 0 Å². The van der Waals surface area contributed by atoms with E-state index in [0.717, 1.165) is 51.7 Å². The highest BCUT2D eigenvalue weighted by Gasteiger charge is 2.46. The van der Waals surface area contributed by atoms with E-state index < -0.39 is 0 Å². The SMILES string of the molecule is Cl.O=C1C2CCCN2C(=O)N1CCCCNCCc1cccs1. The van der Waals surface area contributed by atoms with E-state index in [9.17, 15) is 9.59 Å². The number of halogens is 1. The Morgan fingerprint density at radius 1 is 1.26 bits per heavy atom. The first kappa shape index (κ1) is 18.2. The molecule has 0 aliphatic carbocycles. The monoisotopic (exact) mass is 357 g/mol. The second-order valence-corrected chi connectivity index (χ2v) is 6.94. The van der Waals surface area contributed by atoms with Crippen molar-refractivity contribution in [3.8, 4) is 0 Å². The fourth-order valence-corrected chi connectivity index (χ4v) is 3.91. The summed E-state index contributed by atoms with van der Waals surface area (Å²) in [4.78, 5) is 28.9. The Morgan fingerprint density at radius 3 is 2.87 bits per heavy atom. The number of amides is 3. The smallest absolute Gasteiger partial charge is 0.316 e. The molecule has 2 saturated heterocycles. The van der Waals surface area contributed by atoms with Gasteiger partial charge in [-0.3, -0.25) is 9.69 Å². The van der Waals surface area contributed by atoms with Gasteiger partial charge >= 0.3 is 6.03 Å². The summed E-state index contributed by atoms with van der Waals surface area (Å²) in [5, 5.41) is 5.52. The number of nitrogens with zero attached hydrogens (tertiary/aromatic N) is 2. The number of urea groups is 1. The zero-order valence-electron chi connectivity index (χ0n) is 13.2. The molecule has 1 unspecified atom stereocenters. The van der Waals surface area contributed by atoms with Gasteiger partial charge in [0.15, 0.2) is 0 Å². The Labute approximate surface area is 147 Å². The van der Waals surface area contributed by atoms with Gasteiger partial charge in [-0.05, 0) is 56.6 Å². The molecule has 2 aliphatic heterocycles. The van der Waals surface area contributed by atoms with Crippen LogP contribution in [0.15, 0.2) is 17.5 Å². The highest BCUT2D eigenvalue weighted by Crippen LogP contribution is 2.27. The summed E-state index contributed by atoms with van der Waals surface area (Å²) in [5.41, 5.74) is 0. The Morgan fingerprint density at radius 2 is 2.13 bits per heavy atom. The lowest BCUT2D eigenvalue weighted by molar-refractivity contribution is -0.128. The van der Waals surface area contributed by atoms with Gasteiger partial charge in [0.25, 0.3) is 5.91 Å². The maximum absolute atomic E-state index is 12.1. The molecule has 3 rings (SSSR count). The van der Waals surface area contributed by atoms with Crippen LogP contribution < -0.4 is 5.32 Å². The van der Waals surface area contributed by atoms with E-state index in [1.54, 1.807) is 16.2 Å². The second-order valence-electron chi connectivity index (χ2n) is 5.91. The molecule has 1 atom stereocenters. The number of hydrogen-bond donors (Lipinski definition) is 1. The largest absolute Gasteiger partial charge is 0.327 e. The minimum Gasteiger partial charge on any atom is -0.316 e. The highest BCUT2D eigenvalue weighted by molar-refractivity contribution is 7.09. The van der Waals surface area contributed by atoms with Crippen molar-refractivity contribution in [3.63, 3.8) is 0 Å². The predicted octanol–water partition coefficient (Wildman–Crippen LogP) is 2.51. The van der Waals surface area contributed by atoms with E-state index in [2.05, 4.69) is 22.8 Å². The van der Waals surface area contributed by atoms with Gasteiger partial charge in [-0.2, -0.15) is 0 Å². The number of hydrogen-bond acceptors (Lipinski definition) is 4. The number of unbranched alkanes of at least 4 members (excludes halogenated alkanes) is 1. The molecule has 0 bridgehead atoms. The van der Waals surface area contributed by atoms with Crippen LogP contribution in [0.2, 0.25) is 0 Å². The molecule has 0 saturated carbocycles. The van der Waals surface area contributed by atoms with E-state index in [1.807, 2.05) is 0 Å². The summed E-state index contributed by atoms with van der Waals surface area (Å²) >= 11 is 1.79. The molecule has 1 aromatic rings. The predicted molar refractivity (Wildman–Crippen MR) is 94.2 cm³/mol. The summed E-state index contributed by atoms with van der Waals surface area (Å²) in [6, 6.07) is 4.01. The summed E-state index contributed by atoms with van der Waals surface area (Å²) < 4.78 is 0. The van der Waals surface area contributed by atoms with Crippen molar-refractivity contribution < 1.29 is 9.59 Å². The van der Waals surface area contributed by atoms with Gasteiger partial charge in [0, 0.05) is 18.0 Å². The molecule has 0 aromatic carbocycles. The number of carbonyl (C=O) groups is 2. The van der Waals surface area contributed by atoms with E-state index in [0.29, 0.717) is 6.54 Å². The van der Waals surface area contributed by atoms with Gasteiger partial charge < -0.3 is 10.2 Å². The minimum atomic E-state index is -0.156. The molecule has 2 fully saturated rings. The van der Waals surface area contributed by atoms with Gasteiger partial charge in [-0.25, -0.2) is 4.79 Å². The van der Waals surface area contributed by atoms with Crippen molar-refractivity contribution in [1.82, 2.24) is 15.1 Å². The van der Waals surface area contributed by atoms with Gasteiger partial charge in [0.1, 0.15) is 6.04 Å². The molecule has 0 spiro atoms. The van der Waals surface area contributed by atoms with Crippen LogP contribution in [-0.4, -0.2) is 54.0 Å².